The second-order valence-corrected chi connectivity index (χ2v) is 5.32. The van der Waals surface area contributed by atoms with Crippen LogP contribution in [0, 0.1) is 12.8 Å². The standard InChI is InChI=1S/C11H16N4OS/c1-6(2)10(12)11-14-8(15-16-11)4-9-13-7(3)5-17-9/h5-6,10H,4,12H2,1-3H3/t10-/m0/s1. The number of rotatable bonds is 4. The van der Waals surface area contributed by atoms with Crippen molar-refractivity contribution in [1.82, 2.24) is 15.1 Å². The molecule has 1 atom stereocenters. The Hall–Kier alpha value is -1.27. The smallest absolute Gasteiger partial charge is 0.243 e. The van der Waals surface area contributed by atoms with Crippen molar-refractivity contribution in [3.05, 3.63) is 27.8 Å². The van der Waals surface area contributed by atoms with E-state index in [-0.39, 0.29) is 12.0 Å². The highest BCUT2D eigenvalue weighted by molar-refractivity contribution is 7.09. The van der Waals surface area contributed by atoms with Gasteiger partial charge in [0.15, 0.2) is 5.82 Å². The molecule has 0 aliphatic carbocycles. The van der Waals surface area contributed by atoms with Crippen molar-refractivity contribution < 1.29 is 4.52 Å². The van der Waals surface area contributed by atoms with Crippen LogP contribution in [0.4, 0.5) is 0 Å². The second kappa shape index (κ2) is 4.93. The summed E-state index contributed by atoms with van der Waals surface area (Å²) in [7, 11) is 0. The number of hydrogen-bond donors (Lipinski definition) is 1. The second-order valence-electron chi connectivity index (χ2n) is 4.38. The van der Waals surface area contributed by atoms with E-state index < -0.39 is 0 Å². The number of thiazole rings is 1. The van der Waals surface area contributed by atoms with E-state index in [0.29, 0.717) is 18.1 Å². The first-order valence-electron chi connectivity index (χ1n) is 5.55. The Labute approximate surface area is 104 Å². The Kier molecular flexibility index (Phi) is 3.54. The van der Waals surface area contributed by atoms with Crippen molar-refractivity contribution in [3.63, 3.8) is 0 Å². The summed E-state index contributed by atoms with van der Waals surface area (Å²) in [5, 5.41) is 6.93. The normalized spacial score (nSPS) is 13.2. The van der Waals surface area contributed by atoms with E-state index in [2.05, 4.69) is 15.1 Å². The summed E-state index contributed by atoms with van der Waals surface area (Å²) in [4.78, 5) is 8.66. The number of aryl methyl sites for hydroxylation is 1. The number of aromatic nitrogens is 3. The molecule has 0 spiro atoms. The van der Waals surface area contributed by atoms with Crippen LogP contribution >= 0.6 is 11.3 Å². The van der Waals surface area contributed by atoms with Gasteiger partial charge in [-0.15, -0.1) is 11.3 Å². The molecule has 2 aromatic heterocycles. The molecule has 2 N–H and O–H groups in total. The molecule has 2 heterocycles. The third-order valence-corrected chi connectivity index (χ3v) is 3.43. The van der Waals surface area contributed by atoms with Gasteiger partial charge in [0.2, 0.25) is 5.89 Å². The lowest BCUT2D eigenvalue weighted by Gasteiger charge is -2.09. The van der Waals surface area contributed by atoms with Crippen LogP contribution in [0.25, 0.3) is 0 Å². The van der Waals surface area contributed by atoms with Crippen LogP contribution < -0.4 is 5.73 Å². The average molecular weight is 252 g/mol. The van der Waals surface area contributed by atoms with Gasteiger partial charge < -0.3 is 10.3 Å². The monoisotopic (exact) mass is 252 g/mol. The Morgan fingerprint density at radius 3 is 2.76 bits per heavy atom. The van der Waals surface area contributed by atoms with Crippen molar-refractivity contribution in [2.45, 2.75) is 33.2 Å². The zero-order valence-electron chi connectivity index (χ0n) is 10.2. The minimum atomic E-state index is -0.200. The van der Waals surface area contributed by atoms with Crippen molar-refractivity contribution in [1.29, 1.82) is 0 Å². The van der Waals surface area contributed by atoms with Gasteiger partial charge in [-0.25, -0.2) is 4.98 Å². The summed E-state index contributed by atoms with van der Waals surface area (Å²) in [5.41, 5.74) is 6.96. The summed E-state index contributed by atoms with van der Waals surface area (Å²) >= 11 is 1.60. The van der Waals surface area contributed by atoms with Gasteiger partial charge in [0.05, 0.1) is 12.5 Å². The number of hydrogen-bond acceptors (Lipinski definition) is 6. The summed E-state index contributed by atoms with van der Waals surface area (Å²) in [6, 6.07) is -0.200. The first-order chi connectivity index (χ1) is 8.06. The highest BCUT2D eigenvalue weighted by Gasteiger charge is 2.18. The minimum absolute atomic E-state index is 0.200. The van der Waals surface area contributed by atoms with Gasteiger partial charge in [0, 0.05) is 11.1 Å². The highest BCUT2D eigenvalue weighted by Crippen LogP contribution is 2.18. The third-order valence-electron chi connectivity index (χ3n) is 2.46. The topological polar surface area (TPSA) is 77.8 Å². The van der Waals surface area contributed by atoms with E-state index in [1.807, 2.05) is 26.2 Å². The number of nitrogens with zero attached hydrogens (tertiary/aromatic N) is 3. The Morgan fingerprint density at radius 1 is 1.41 bits per heavy atom. The van der Waals surface area contributed by atoms with Gasteiger partial charge in [0.25, 0.3) is 0 Å². The molecule has 0 radical (unpaired) electrons. The van der Waals surface area contributed by atoms with Gasteiger partial charge in [0.1, 0.15) is 5.01 Å². The first kappa shape index (κ1) is 12.2. The van der Waals surface area contributed by atoms with E-state index in [1.165, 1.54) is 0 Å². The fourth-order valence-corrected chi connectivity index (χ4v) is 2.15. The maximum Gasteiger partial charge on any atom is 0.243 e. The predicted molar refractivity (Wildman–Crippen MR) is 65.7 cm³/mol. The molecule has 6 heteroatoms. The van der Waals surface area contributed by atoms with E-state index in [4.69, 9.17) is 10.3 Å². The van der Waals surface area contributed by atoms with Crippen LogP contribution in [0.5, 0.6) is 0 Å². The zero-order valence-corrected chi connectivity index (χ0v) is 11.0. The summed E-state index contributed by atoms with van der Waals surface area (Å²) in [6.07, 6.45) is 0.604. The lowest BCUT2D eigenvalue weighted by Crippen LogP contribution is -2.17. The maximum atomic E-state index is 5.94. The average Bonchev–Trinajstić information content (AvgIpc) is 2.87. The maximum absolute atomic E-state index is 5.94. The zero-order chi connectivity index (χ0) is 12.4. The highest BCUT2D eigenvalue weighted by atomic mass is 32.1. The molecule has 2 rings (SSSR count). The molecule has 0 aliphatic rings. The molecule has 92 valence electrons. The van der Waals surface area contributed by atoms with Crippen LogP contribution in [0.3, 0.4) is 0 Å². The molecule has 0 aromatic carbocycles. The van der Waals surface area contributed by atoms with Crippen molar-refractivity contribution in [3.8, 4) is 0 Å². The van der Waals surface area contributed by atoms with E-state index in [1.54, 1.807) is 11.3 Å². The van der Waals surface area contributed by atoms with Crippen molar-refractivity contribution in [2.24, 2.45) is 11.7 Å². The molecule has 2 aromatic rings. The summed E-state index contributed by atoms with van der Waals surface area (Å²) in [5.74, 6) is 1.43. The molecule has 17 heavy (non-hydrogen) atoms. The van der Waals surface area contributed by atoms with Gasteiger partial charge >= 0.3 is 0 Å². The third kappa shape index (κ3) is 2.89. The Balaban J connectivity index is 2.08. The van der Waals surface area contributed by atoms with E-state index >= 15 is 0 Å². The Morgan fingerprint density at radius 2 is 2.18 bits per heavy atom. The van der Waals surface area contributed by atoms with E-state index in [9.17, 15) is 0 Å². The lowest BCUT2D eigenvalue weighted by molar-refractivity contribution is 0.322. The van der Waals surface area contributed by atoms with Crippen LogP contribution in [0.1, 0.15) is 42.3 Å². The first-order valence-corrected chi connectivity index (χ1v) is 6.43. The summed E-state index contributed by atoms with van der Waals surface area (Å²) < 4.78 is 5.16. The van der Waals surface area contributed by atoms with Gasteiger partial charge in [-0.2, -0.15) is 4.98 Å². The van der Waals surface area contributed by atoms with Crippen molar-refractivity contribution in [2.75, 3.05) is 0 Å². The molecule has 0 saturated carbocycles. The molecule has 0 aliphatic heterocycles. The molecular weight excluding hydrogens is 236 g/mol. The molecule has 0 bridgehead atoms. The van der Waals surface area contributed by atoms with E-state index in [0.717, 1.165) is 10.7 Å². The molecule has 0 amide bonds. The summed E-state index contributed by atoms with van der Waals surface area (Å²) in [6.45, 7) is 6.02. The Bertz CT molecular complexity index is 491. The van der Waals surface area contributed by atoms with Gasteiger partial charge in [-0.1, -0.05) is 19.0 Å². The molecule has 0 fully saturated rings. The van der Waals surface area contributed by atoms with Crippen molar-refractivity contribution >= 4 is 11.3 Å². The fraction of sp³-hybridized carbons (Fsp3) is 0.545. The van der Waals surface area contributed by atoms with Crippen LogP contribution in [-0.4, -0.2) is 15.1 Å². The SMILES string of the molecule is Cc1csc(Cc2noc([C@@H](N)C(C)C)n2)n1. The largest absolute Gasteiger partial charge is 0.338 e. The van der Waals surface area contributed by atoms with Gasteiger partial charge in [-0.3, -0.25) is 0 Å². The quantitative estimate of drug-likeness (QED) is 0.901. The molecular formula is C11H16N4OS. The lowest BCUT2D eigenvalue weighted by atomic mass is 10.1. The molecule has 5 nitrogen and oxygen atoms in total. The fourth-order valence-electron chi connectivity index (χ4n) is 1.38. The predicted octanol–water partition coefficient (Wildman–Crippen LogP) is 2.08. The molecule has 0 saturated heterocycles. The van der Waals surface area contributed by atoms with Crippen LogP contribution in [0.15, 0.2) is 9.90 Å². The number of nitrogens with two attached hydrogens (primary N) is 1. The van der Waals surface area contributed by atoms with Crippen LogP contribution in [-0.2, 0) is 6.42 Å². The van der Waals surface area contributed by atoms with Crippen LogP contribution in [0.2, 0.25) is 0 Å². The molecule has 0 unspecified atom stereocenters. The van der Waals surface area contributed by atoms with Gasteiger partial charge in [-0.05, 0) is 12.8 Å². The minimum Gasteiger partial charge on any atom is -0.338 e.